The standard InChI is InChI=1S/C13H18ClFN2/c1-8-9(2)17(7-6-12(8)16)13-10(14)4-3-5-11(13)15/h3-5,8-9,12H,6-7,16H2,1-2H3. The Hall–Kier alpha value is -0.800. The van der Waals surface area contributed by atoms with Crippen molar-refractivity contribution in [3.05, 3.63) is 29.0 Å². The molecule has 0 saturated carbocycles. The molecule has 1 fully saturated rings. The van der Waals surface area contributed by atoms with Crippen LogP contribution < -0.4 is 10.6 Å². The van der Waals surface area contributed by atoms with Crippen LogP contribution in [0.3, 0.4) is 0 Å². The van der Waals surface area contributed by atoms with Gasteiger partial charge in [-0.05, 0) is 31.4 Å². The fourth-order valence-electron chi connectivity index (χ4n) is 2.48. The third kappa shape index (κ3) is 2.26. The number of piperidine rings is 1. The van der Waals surface area contributed by atoms with Crippen LogP contribution in [0.25, 0.3) is 0 Å². The average molecular weight is 257 g/mol. The zero-order valence-corrected chi connectivity index (χ0v) is 10.9. The number of nitrogens with zero attached hydrogens (tertiary/aromatic N) is 1. The maximum atomic E-state index is 13.9. The van der Waals surface area contributed by atoms with Gasteiger partial charge in [0.2, 0.25) is 0 Å². The highest BCUT2D eigenvalue weighted by Gasteiger charge is 2.32. The van der Waals surface area contributed by atoms with E-state index in [1.165, 1.54) is 6.07 Å². The lowest BCUT2D eigenvalue weighted by Crippen LogP contribution is -2.52. The minimum Gasteiger partial charge on any atom is -0.365 e. The van der Waals surface area contributed by atoms with Crippen LogP contribution in [0.5, 0.6) is 0 Å². The molecule has 1 aliphatic heterocycles. The summed E-state index contributed by atoms with van der Waals surface area (Å²) >= 11 is 6.10. The molecule has 1 aromatic carbocycles. The first-order valence-corrected chi connectivity index (χ1v) is 6.36. The van der Waals surface area contributed by atoms with Crippen molar-refractivity contribution in [2.45, 2.75) is 32.4 Å². The van der Waals surface area contributed by atoms with E-state index in [0.29, 0.717) is 16.6 Å². The van der Waals surface area contributed by atoms with E-state index < -0.39 is 0 Å². The van der Waals surface area contributed by atoms with Gasteiger partial charge in [0.15, 0.2) is 0 Å². The summed E-state index contributed by atoms with van der Waals surface area (Å²) in [5.41, 5.74) is 6.55. The smallest absolute Gasteiger partial charge is 0.148 e. The molecule has 2 N–H and O–H groups in total. The normalized spacial score (nSPS) is 29.5. The number of para-hydroxylation sites is 1. The van der Waals surface area contributed by atoms with Gasteiger partial charge in [0.05, 0.1) is 10.7 Å². The van der Waals surface area contributed by atoms with E-state index in [9.17, 15) is 4.39 Å². The van der Waals surface area contributed by atoms with Gasteiger partial charge in [-0.3, -0.25) is 0 Å². The van der Waals surface area contributed by atoms with Crippen LogP contribution in [0.1, 0.15) is 20.3 Å². The molecule has 0 amide bonds. The Morgan fingerprint density at radius 3 is 2.76 bits per heavy atom. The zero-order chi connectivity index (χ0) is 12.6. The van der Waals surface area contributed by atoms with Crippen molar-refractivity contribution in [2.24, 2.45) is 11.7 Å². The third-order valence-corrected chi connectivity index (χ3v) is 4.16. The van der Waals surface area contributed by atoms with Crippen molar-refractivity contribution in [3.63, 3.8) is 0 Å². The molecule has 1 saturated heterocycles. The van der Waals surface area contributed by atoms with Gasteiger partial charge in [-0.25, -0.2) is 4.39 Å². The Morgan fingerprint density at radius 1 is 1.41 bits per heavy atom. The van der Waals surface area contributed by atoms with Crippen LogP contribution in [0.2, 0.25) is 5.02 Å². The highest BCUT2D eigenvalue weighted by molar-refractivity contribution is 6.33. The van der Waals surface area contributed by atoms with Gasteiger partial charge in [-0.15, -0.1) is 0 Å². The average Bonchev–Trinajstić information content (AvgIpc) is 2.29. The number of hydrogen-bond acceptors (Lipinski definition) is 2. The van der Waals surface area contributed by atoms with Crippen molar-refractivity contribution in [1.29, 1.82) is 0 Å². The van der Waals surface area contributed by atoms with Crippen molar-refractivity contribution >= 4 is 17.3 Å². The van der Waals surface area contributed by atoms with Crippen molar-refractivity contribution in [2.75, 3.05) is 11.4 Å². The zero-order valence-electron chi connectivity index (χ0n) is 10.2. The summed E-state index contributed by atoms with van der Waals surface area (Å²) in [5.74, 6) is 0.0754. The Bertz CT molecular complexity index is 390. The van der Waals surface area contributed by atoms with Crippen LogP contribution in [0, 0.1) is 11.7 Å². The lowest BCUT2D eigenvalue weighted by molar-refractivity contribution is 0.313. The van der Waals surface area contributed by atoms with Gasteiger partial charge in [-0.2, -0.15) is 0 Å². The molecule has 2 nitrogen and oxygen atoms in total. The van der Waals surface area contributed by atoms with Gasteiger partial charge in [0.1, 0.15) is 5.82 Å². The van der Waals surface area contributed by atoms with Gasteiger partial charge in [0.25, 0.3) is 0 Å². The molecular formula is C13H18ClFN2. The summed E-state index contributed by atoms with van der Waals surface area (Å²) in [5, 5.41) is 0.472. The second-order valence-electron chi connectivity index (χ2n) is 4.82. The predicted octanol–water partition coefficient (Wildman–Crippen LogP) is 3.04. The summed E-state index contributed by atoms with van der Waals surface area (Å²) in [7, 11) is 0. The van der Waals surface area contributed by atoms with Crippen LogP contribution in [-0.4, -0.2) is 18.6 Å². The van der Waals surface area contributed by atoms with Crippen LogP contribution in [0.15, 0.2) is 18.2 Å². The first-order valence-electron chi connectivity index (χ1n) is 5.98. The van der Waals surface area contributed by atoms with Crippen LogP contribution in [-0.2, 0) is 0 Å². The number of rotatable bonds is 1. The summed E-state index contributed by atoms with van der Waals surface area (Å²) in [6.45, 7) is 4.94. The van der Waals surface area contributed by atoms with E-state index in [2.05, 4.69) is 13.8 Å². The molecule has 3 unspecified atom stereocenters. The molecule has 0 spiro atoms. The van der Waals surface area contributed by atoms with E-state index in [1.54, 1.807) is 12.1 Å². The molecule has 0 aliphatic carbocycles. The van der Waals surface area contributed by atoms with E-state index in [-0.39, 0.29) is 17.9 Å². The minimum atomic E-state index is -0.257. The molecule has 17 heavy (non-hydrogen) atoms. The molecule has 1 aliphatic rings. The lowest BCUT2D eigenvalue weighted by atomic mass is 9.87. The lowest BCUT2D eigenvalue weighted by Gasteiger charge is -2.43. The Kier molecular flexibility index (Phi) is 3.59. The van der Waals surface area contributed by atoms with Crippen molar-refractivity contribution in [3.8, 4) is 0 Å². The number of halogens is 2. The SMILES string of the molecule is CC1C(N)CCN(c2c(F)cccc2Cl)C1C. The Morgan fingerprint density at radius 2 is 2.12 bits per heavy atom. The number of hydrogen-bond donors (Lipinski definition) is 1. The summed E-state index contributed by atoms with van der Waals surface area (Å²) in [6.07, 6.45) is 0.871. The fraction of sp³-hybridized carbons (Fsp3) is 0.538. The van der Waals surface area contributed by atoms with E-state index in [0.717, 1.165) is 13.0 Å². The van der Waals surface area contributed by atoms with Crippen LogP contribution in [0.4, 0.5) is 10.1 Å². The molecular weight excluding hydrogens is 239 g/mol. The molecule has 4 heteroatoms. The molecule has 0 aromatic heterocycles. The quantitative estimate of drug-likeness (QED) is 0.837. The minimum absolute atomic E-state index is 0.187. The molecule has 2 rings (SSSR count). The second kappa shape index (κ2) is 4.83. The largest absolute Gasteiger partial charge is 0.365 e. The molecule has 1 aromatic rings. The first-order chi connectivity index (χ1) is 8.02. The Balaban J connectivity index is 2.34. The number of benzene rings is 1. The molecule has 3 atom stereocenters. The van der Waals surface area contributed by atoms with Crippen LogP contribution >= 0.6 is 11.6 Å². The summed E-state index contributed by atoms with van der Waals surface area (Å²) in [4.78, 5) is 2.03. The van der Waals surface area contributed by atoms with E-state index >= 15 is 0 Å². The first kappa shape index (κ1) is 12.7. The maximum Gasteiger partial charge on any atom is 0.148 e. The van der Waals surface area contributed by atoms with Crippen molar-refractivity contribution < 1.29 is 4.39 Å². The third-order valence-electron chi connectivity index (χ3n) is 3.86. The highest BCUT2D eigenvalue weighted by atomic mass is 35.5. The van der Waals surface area contributed by atoms with Gasteiger partial charge >= 0.3 is 0 Å². The van der Waals surface area contributed by atoms with E-state index in [1.807, 2.05) is 4.90 Å². The number of anilines is 1. The highest BCUT2D eigenvalue weighted by Crippen LogP contribution is 2.34. The maximum absolute atomic E-state index is 13.9. The fourth-order valence-corrected chi connectivity index (χ4v) is 2.75. The van der Waals surface area contributed by atoms with Gasteiger partial charge < -0.3 is 10.6 Å². The topological polar surface area (TPSA) is 29.3 Å². The second-order valence-corrected chi connectivity index (χ2v) is 5.22. The van der Waals surface area contributed by atoms with Gasteiger partial charge in [-0.1, -0.05) is 24.6 Å². The number of nitrogens with two attached hydrogens (primary N) is 1. The van der Waals surface area contributed by atoms with Gasteiger partial charge in [0, 0.05) is 18.6 Å². The monoisotopic (exact) mass is 256 g/mol. The molecule has 0 radical (unpaired) electrons. The summed E-state index contributed by atoms with van der Waals surface area (Å²) in [6, 6.07) is 5.20. The molecule has 94 valence electrons. The summed E-state index contributed by atoms with van der Waals surface area (Å²) < 4.78 is 13.9. The Labute approximate surface area is 107 Å². The van der Waals surface area contributed by atoms with Crippen molar-refractivity contribution in [1.82, 2.24) is 0 Å². The predicted molar refractivity (Wildman–Crippen MR) is 70.0 cm³/mol. The van der Waals surface area contributed by atoms with E-state index in [4.69, 9.17) is 17.3 Å². The molecule has 0 bridgehead atoms. The molecule has 1 heterocycles.